The minimum Gasteiger partial charge on any atom is -0.380 e. The Balaban J connectivity index is 2.37. The van der Waals surface area contributed by atoms with Crippen LogP contribution in [-0.4, -0.2) is 19.3 Å². The van der Waals surface area contributed by atoms with Gasteiger partial charge in [-0.15, -0.1) is 0 Å². The predicted molar refractivity (Wildman–Crippen MR) is 51.0 cm³/mol. The molecule has 0 aromatic carbocycles. The third-order valence-corrected chi connectivity index (χ3v) is 3.08. The Labute approximate surface area is 75.5 Å². The number of ether oxygens (including phenoxy) is 1. The van der Waals surface area contributed by atoms with Crippen LogP contribution in [0.5, 0.6) is 0 Å². The number of rotatable bonds is 4. The predicted octanol–water partition coefficient (Wildman–Crippen LogP) is 1.93. The molecule has 12 heavy (non-hydrogen) atoms. The molecular weight excluding hydrogens is 150 g/mol. The summed E-state index contributed by atoms with van der Waals surface area (Å²) >= 11 is 0. The highest BCUT2D eigenvalue weighted by atomic mass is 16.5. The molecule has 0 aromatic rings. The standard InChI is InChI=1S/C10H21NO/c1-3-9(12-2)10(11)8-6-4-5-7-8/h8-10H,3-7,11H2,1-2H3. The molecule has 0 amide bonds. The van der Waals surface area contributed by atoms with Crippen LogP contribution < -0.4 is 5.73 Å². The summed E-state index contributed by atoms with van der Waals surface area (Å²) in [7, 11) is 1.77. The normalized spacial score (nSPS) is 24.2. The molecule has 0 aliphatic heterocycles. The first kappa shape index (κ1) is 10.0. The van der Waals surface area contributed by atoms with Gasteiger partial charge in [0.15, 0.2) is 0 Å². The Morgan fingerprint density at radius 2 is 2.00 bits per heavy atom. The van der Waals surface area contributed by atoms with Gasteiger partial charge in [0.1, 0.15) is 0 Å². The third-order valence-electron chi connectivity index (χ3n) is 3.08. The van der Waals surface area contributed by atoms with Gasteiger partial charge in [0, 0.05) is 13.2 Å². The van der Waals surface area contributed by atoms with Crippen LogP contribution >= 0.6 is 0 Å². The van der Waals surface area contributed by atoms with E-state index < -0.39 is 0 Å². The van der Waals surface area contributed by atoms with Gasteiger partial charge in [0.2, 0.25) is 0 Å². The molecule has 0 heterocycles. The highest BCUT2D eigenvalue weighted by molar-refractivity contribution is 4.83. The first-order valence-electron chi connectivity index (χ1n) is 5.08. The molecule has 72 valence electrons. The topological polar surface area (TPSA) is 35.2 Å². The molecule has 0 aromatic heterocycles. The minimum atomic E-state index is 0.266. The van der Waals surface area contributed by atoms with Crippen LogP contribution in [0.3, 0.4) is 0 Å². The zero-order valence-electron chi connectivity index (χ0n) is 8.25. The Morgan fingerprint density at radius 3 is 2.42 bits per heavy atom. The van der Waals surface area contributed by atoms with E-state index in [1.54, 1.807) is 7.11 Å². The van der Waals surface area contributed by atoms with Crippen LogP contribution in [0.1, 0.15) is 39.0 Å². The maximum Gasteiger partial charge on any atom is 0.0722 e. The molecule has 0 saturated heterocycles. The third kappa shape index (κ3) is 2.20. The summed E-state index contributed by atoms with van der Waals surface area (Å²) in [6.07, 6.45) is 6.64. The minimum absolute atomic E-state index is 0.266. The highest BCUT2D eigenvalue weighted by Crippen LogP contribution is 2.29. The van der Waals surface area contributed by atoms with Gasteiger partial charge in [0.05, 0.1) is 6.10 Å². The fraction of sp³-hybridized carbons (Fsp3) is 1.00. The second-order valence-corrected chi connectivity index (χ2v) is 3.80. The molecule has 1 fully saturated rings. The van der Waals surface area contributed by atoms with Gasteiger partial charge in [-0.1, -0.05) is 19.8 Å². The van der Waals surface area contributed by atoms with E-state index in [4.69, 9.17) is 10.5 Å². The van der Waals surface area contributed by atoms with Crippen molar-refractivity contribution in [3.8, 4) is 0 Å². The lowest BCUT2D eigenvalue weighted by Gasteiger charge is -2.26. The van der Waals surface area contributed by atoms with Crippen molar-refractivity contribution < 1.29 is 4.74 Å². The maximum absolute atomic E-state index is 6.12. The second-order valence-electron chi connectivity index (χ2n) is 3.80. The summed E-state index contributed by atoms with van der Waals surface area (Å²) in [6, 6.07) is 0.266. The molecule has 2 unspecified atom stereocenters. The Hall–Kier alpha value is -0.0800. The molecule has 0 spiro atoms. The SMILES string of the molecule is CCC(OC)C(N)C1CCCC1. The summed E-state index contributed by atoms with van der Waals surface area (Å²) in [5, 5.41) is 0. The number of hydrogen-bond donors (Lipinski definition) is 1. The first-order valence-corrected chi connectivity index (χ1v) is 5.08. The molecule has 0 bridgehead atoms. The molecule has 1 saturated carbocycles. The van der Waals surface area contributed by atoms with Crippen LogP contribution in [0.2, 0.25) is 0 Å². The quantitative estimate of drug-likeness (QED) is 0.701. The lowest BCUT2D eigenvalue weighted by molar-refractivity contribution is 0.0595. The molecular formula is C10H21NO. The lowest BCUT2D eigenvalue weighted by Crippen LogP contribution is -2.41. The van der Waals surface area contributed by atoms with Crippen molar-refractivity contribution in [2.45, 2.75) is 51.2 Å². The monoisotopic (exact) mass is 171 g/mol. The van der Waals surface area contributed by atoms with Crippen LogP contribution in [0.25, 0.3) is 0 Å². The van der Waals surface area contributed by atoms with Crippen molar-refractivity contribution in [1.29, 1.82) is 0 Å². The fourth-order valence-corrected chi connectivity index (χ4v) is 2.24. The van der Waals surface area contributed by atoms with Crippen LogP contribution in [-0.2, 0) is 4.74 Å². The van der Waals surface area contributed by atoms with E-state index in [0.717, 1.165) is 12.3 Å². The Bertz CT molecular complexity index is 115. The van der Waals surface area contributed by atoms with Gasteiger partial charge in [-0.3, -0.25) is 0 Å². The van der Waals surface area contributed by atoms with E-state index in [2.05, 4.69) is 6.92 Å². The van der Waals surface area contributed by atoms with E-state index in [9.17, 15) is 0 Å². The molecule has 1 aliphatic carbocycles. The van der Waals surface area contributed by atoms with Crippen molar-refractivity contribution in [3.63, 3.8) is 0 Å². The van der Waals surface area contributed by atoms with E-state index >= 15 is 0 Å². The van der Waals surface area contributed by atoms with E-state index in [-0.39, 0.29) is 12.1 Å². The van der Waals surface area contributed by atoms with Crippen LogP contribution in [0.4, 0.5) is 0 Å². The summed E-state index contributed by atoms with van der Waals surface area (Å²) in [6.45, 7) is 2.14. The zero-order chi connectivity index (χ0) is 8.97. The largest absolute Gasteiger partial charge is 0.380 e. The fourth-order valence-electron chi connectivity index (χ4n) is 2.24. The summed E-state index contributed by atoms with van der Waals surface area (Å²) in [5.41, 5.74) is 6.12. The molecule has 1 aliphatic rings. The van der Waals surface area contributed by atoms with Crippen molar-refractivity contribution in [2.24, 2.45) is 11.7 Å². The van der Waals surface area contributed by atoms with Gasteiger partial charge < -0.3 is 10.5 Å². The molecule has 1 rings (SSSR count). The average molecular weight is 171 g/mol. The lowest BCUT2D eigenvalue weighted by atomic mass is 9.93. The van der Waals surface area contributed by atoms with E-state index in [1.165, 1.54) is 25.7 Å². The van der Waals surface area contributed by atoms with Gasteiger partial charge in [-0.05, 0) is 25.2 Å². The average Bonchev–Trinajstić information content (AvgIpc) is 2.58. The molecule has 0 radical (unpaired) electrons. The second kappa shape index (κ2) is 4.83. The summed E-state index contributed by atoms with van der Waals surface area (Å²) < 4.78 is 5.35. The van der Waals surface area contributed by atoms with Gasteiger partial charge in [-0.2, -0.15) is 0 Å². The molecule has 2 nitrogen and oxygen atoms in total. The summed E-state index contributed by atoms with van der Waals surface area (Å²) in [5.74, 6) is 0.717. The molecule has 2 N–H and O–H groups in total. The van der Waals surface area contributed by atoms with Gasteiger partial charge in [-0.25, -0.2) is 0 Å². The van der Waals surface area contributed by atoms with Crippen molar-refractivity contribution >= 4 is 0 Å². The number of methoxy groups -OCH3 is 1. The van der Waals surface area contributed by atoms with E-state index in [0.29, 0.717) is 0 Å². The van der Waals surface area contributed by atoms with Gasteiger partial charge >= 0.3 is 0 Å². The smallest absolute Gasteiger partial charge is 0.0722 e. The number of nitrogens with two attached hydrogens (primary N) is 1. The van der Waals surface area contributed by atoms with Crippen LogP contribution in [0, 0.1) is 5.92 Å². The molecule has 2 atom stereocenters. The summed E-state index contributed by atoms with van der Waals surface area (Å²) in [4.78, 5) is 0. The zero-order valence-corrected chi connectivity index (χ0v) is 8.25. The van der Waals surface area contributed by atoms with Crippen molar-refractivity contribution in [3.05, 3.63) is 0 Å². The van der Waals surface area contributed by atoms with Crippen molar-refractivity contribution in [2.75, 3.05) is 7.11 Å². The highest BCUT2D eigenvalue weighted by Gasteiger charge is 2.27. The molecule has 2 heteroatoms. The number of hydrogen-bond acceptors (Lipinski definition) is 2. The van der Waals surface area contributed by atoms with Crippen molar-refractivity contribution in [1.82, 2.24) is 0 Å². The van der Waals surface area contributed by atoms with Gasteiger partial charge in [0.25, 0.3) is 0 Å². The Morgan fingerprint density at radius 1 is 1.42 bits per heavy atom. The van der Waals surface area contributed by atoms with E-state index in [1.807, 2.05) is 0 Å². The Kier molecular flexibility index (Phi) is 4.02. The first-order chi connectivity index (χ1) is 5.79. The maximum atomic E-state index is 6.12. The van der Waals surface area contributed by atoms with Crippen LogP contribution in [0.15, 0.2) is 0 Å².